The fourth-order valence-corrected chi connectivity index (χ4v) is 1.33. The summed E-state index contributed by atoms with van der Waals surface area (Å²) < 4.78 is 0. The van der Waals surface area contributed by atoms with Crippen LogP contribution >= 0.6 is 0 Å². The van der Waals surface area contributed by atoms with E-state index in [0.717, 1.165) is 0 Å². The number of nitrogens with two attached hydrogens (primary N) is 2. The number of rotatable bonds is 10. The van der Waals surface area contributed by atoms with Gasteiger partial charge >= 0.3 is 17.9 Å². The number of carbonyl (C=O) groups is 4. The summed E-state index contributed by atoms with van der Waals surface area (Å²) in [5, 5.41) is 28.0. The topological polar surface area (TPSA) is 205 Å². The van der Waals surface area contributed by atoms with Crippen molar-refractivity contribution in [2.24, 2.45) is 16.5 Å². The lowest BCUT2D eigenvalue weighted by Crippen LogP contribution is -2.46. The number of hydrogen-bond donors (Lipinski definition) is 6. The standard InChI is InChI=1S/C11H18N4O7/c12-5(8(17)18)2-1-3-14-11(13)15-6(9(19)20)4-7(16)10(21)22/h5-6H,1-4,12H2,(H,17,18)(H,19,20)(H,21,22)(H3,13,14,15)/t5-,6?/m0/s1. The first-order valence-electron chi connectivity index (χ1n) is 6.19. The van der Waals surface area contributed by atoms with Crippen molar-refractivity contribution in [1.29, 1.82) is 0 Å². The first-order chi connectivity index (χ1) is 10.1. The van der Waals surface area contributed by atoms with Gasteiger partial charge in [-0.15, -0.1) is 0 Å². The van der Waals surface area contributed by atoms with Crippen molar-refractivity contribution in [3.63, 3.8) is 0 Å². The number of guanidine groups is 1. The zero-order valence-corrected chi connectivity index (χ0v) is 11.6. The maximum atomic E-state index is 11.0. The van der Waals surface area contributed by atoms with Gasteiger partial charge in [-0.3, -0.25) is 14.6 Å². The molecular weight excluding hydrogens is 300 g/mol. The van der Waals surface area contributed by atoms with Crippen molar-refractivity contribution < 1.29 is 34.5 Å². The van der Waals surface area contributed by atoms with Crippen LogP contribution in [0.1, 0.15) is 19.3 Å². The molecular formula is C11H18N4O7. The minimum Gasteiger partial charge on any atom is -0.480 e. The summed E-state index contributed by atoms with van der Waals surface area (Å²) in [4.78, 5) is 46.5. The Balaban J connectivity index is 4.38. The van der Waals surface area contributed by atoms with E-state index in [4.69, 9.17) is 26.8 Å². The predicted octanol–water partition coefficient (Wildman–Crippen LogP) is -2.42. The van der Waals surface area contributed by atoms with Crippen LogP contribution in [0.2, 0.25) is 0 Å². The van der Waals surface area contributed by atoms with Gasteiger partial charge in [0.15, 0.2) is 5.96 Å². The molecule has 2 atom stereocenters. The largest absolute Gasteiger partial charge is 0.480 e. The van der Waals surface area contributed by atoms with Gasteiger partial charge in [-0.2, -0.15) is 0 Å². The van der Waals surface area contributed by atoms with E-state index >= 15 is 0 Å². The number of aliphatic imine (C=N–C) groups is 1. The van der Waals surface area contributed by atoms with E-state index < -0.39 is 42.2 Å². The highest BCUT2D eigenvalue weighted by atomic mass is 16.4. The van der Waals surface area contributed by atoms with Crippen LogP contribution < -0.4 is 16.8 Å². The van der Waals surface area contributed by atoms with Crippen molar-refractivity contribution in [3.8, 4) is 0 Å². The van der Waals surface area contributed by atoms with Crippen LogP contribution in [-0.4, -0.2) is 63.6 Å². The molecule has 8 N–H and O–H groups in total. The number of carboxylic acids is 3. The average molecular weight is 318 g/mol. The fraction of sp³-hybridized carbons (Fsp3) is 0.545. The molecule has 0 aliphatic rings. The third-order valence-corrected chi connectivity index (χ3v) is 2.52. The van der Waals surface area contributed by atoms with E-state index in [-0.39, 0.29) is 18.9 Å². The molecule has 22 heavy (non-hydrogen) atoms. The van der Waals surface area contributed by atoms with Crippen LogP contribution in [0.4, 0.5) is 0 Å². The van der Waals surface area contributed by atoms with Gasteiger partial charge in [0, 0.05) is 13.0 Å². The lowest BCUT2D eigenvalue weighted by atomic mass is 10.1. The van der Waals surface area contributed by atoms with E-state index in [0.29, 0.717) is 6.42 Å². The monoisotopic (exact) mass is 318 g/mol. The van der Waals surface area contributed by atoms with Crippen molar-refractivity contribution >= 4 is 29.7 Å². The number of nitrogens with zero attached hydrogens (tertiary/aromatic N) is 1. The van der Waals surface area contributed by atoms with Crippen LogP contribution in [0.25, 0.3) is 0 Å². The molecule has 0 fully saturated rings. The summed E-state index contributed by atoms with van der Waals surface area (Å²) >= 11 is 0. The minimum absolute atomic E-state index is 0.0963. The summed E-state index contributed by atoms with van der Waals surface area (Å²) in [5.74, 6) is -5.92. The Bertz CT molecular complexity index is 477. The van der Waals surface area contributed by atoms with Crippen molar-refractivity contribution in [2.45, 2.75) is 31.3 Å². The smallest absolute Gasteiger partial charge is 0.372 e. The van der Waals surface area contributed by atoms with Gasteiger partial charge in [0.1, 0.15) is 12.1 Å². The average Bonchev–Trinajstić information content (AvgIpc) is 2.41. The van der Waals surface area contributed by atoms with E-state index in [1.807, 2.05) is 0 Å². The summed E-state index contributed by atoms with van der Waals surface area (Å²) in [7, 11) is 0. The SMILES string of the molecule is NC(=NCCC[C@H](N)C(=O)O)NC(CC(=O)C(=O)O)C(=O)O. The number of hydrogen-bond acceptors (Lipinski definition) is 6. The van der Waals surface area contributed by atoms with Crippen molar-refractivity contribution in [1.82, 2.24) is 5.32 Å². The molecule has 1 unspecified atom stereocenters. The molecule has 0 spiro atoms. The van der Waals surface area contributed by atoms with Gasteiger partial charge in [-0.25, -0.2) is 9.59 Å². The number of nitrogens with one attached hydrogen (secondary N) is 1. The zero-order chi connectivity index (χ0) is 17.3. The van der Waals surface area contributed by atoms with Gasteiger partial charge in [0.25, 0.3) is 0 Å². The van der Waals surface area contributed by atoms with Gasteiger partial charge in [0.2, 0.25) is 5.78 Å². The van der Waals surface area contributed by atoms with E-state index in [1.54, 1.807) is 0 Å². The third-order valence-electron chi connectivity index (χ3n) is 2.52. The molecule has 124 valence electrons. The molecule has 0 aromatic rings. The molecule has 11 heteroatoms. The molecule has 0 aliphatic carbocycles. The predicted molar refractivity (Wildman–Crippen MR) is 73.2 cm³/mol. The van der Waals surface area contributed by atoms with Gasteiger partial charge < -0.3 is 32.1 Å². The van der Waals surface area contributed by atoms with Crippen LogP contribution in [0.5, 0.6) is 0 Å². The lowest BCUT2D eigenvalue weighted by Gasteiger charge is -2.13. The molecule has 0 rings (SSSR count). The number of Topliss-reactive ketones (excluding diaryl/α,β-unsaturated/α-hetero) is 1. The Kier molecular flexibility index (Phi) is 8.15. The molecule has 0 amide bonds. The maximum absolute atomic E-state index is 11.0. The Morgan fingerprint density at radius 3 is 2.14 bits per heavy atom. The van der Waals surface area contributed by atoms with Crippen LogP contribution in [0.15, 0.2) is 4.99 Å². The van der Waals surface area contributed by atoms with Gasteiger partial charge in [-0.05, 0) is 12.8 Å². The molecule has 0 aromatic carbocycles. The van der Waals surface area contributed by atoms with E-state index in [9.17, 15) is 19.2 Å². The number of carboxylic acid groups (broad SMARTS) is 3. The summed E-state index contributed by atoms with van der Waals surface area (Å²) in [6, 6.07) is -2.54. The van der Waals surface area contributed by atoms with Gasteiger partial charge in [-0.1, -0.05) is 0 Å². The molecule has 0 radical (unpaired) electrons. The van der Waals surface area contributed by atoms with Crippen molar-refractivity contribution in [2.75, 3.05) is 6.54 Å². The molecule has 0 heterocycles. The summed E-state index contributed by atoms with van der Waals surface area (Å²) in [6.07, 6.45) is -0.321. The Morgan fingerprint density at radius 1 is 1.09 bits per heavy atom. The maximum Gasteiger partial charge on any atom is 0.372 e. The van der Waals surface area contributed by atoms with E-state index in [1.165, 1.54) is 0 Å². The molecule has 11 nitrogen and oxygen atoms in total. The number of carbonyl (C=O) groups excluding carboxylic acids is 1. The Morgan fingerprint density at radius 2 is 1.68 bits per heavy atom. The highest BCUT2D eigenvalue weighted by Crippen LogP contribution is 1.97. The van der Waals surface area contributed by atoms with Crippen LogP contribution in [0.3, 0.4) is 0 Å². The lowest BCUT2D eigenvalue weighted by molar-refractivity contribution is -0.150. The molecule has 0 saturated heterocycles. The highest BCUT2D eigenvalue weighted by Gasteiger charge is 2.25. The second-order valence-electron chi connectivity index (χ2n) is 4.32. The fourth-order valence-electron chi connectivity index (χ4n) is 1.33. The minimum atomic E-state index is -1.74. The van der Waals surface area contributed by atoms with E-state index in [2.05, 4.69) is 10.3 Å². The Labute approximate surface area is 125 Å². The van der Waals surface area contributed by atoms with Crippen LogP contribution in [0, 0.1) is 0 Å². The Hall–Kier alpha value is -2.69. The second kappa shape index (κ2) is 9.28. The zero-order valence-electron chi connectivity index (χ0n) is 11.6. The third kappa shape index (κ3) is 7.79. The summed E-state index contributed by atoms with van der Waals surface area (Å²) in [5.41, 5.74) is 10.7. The number of ketones is 1. The first-order valence-corrected chi connectivity index (χ1v) is 6.19. The molecule has 0 aliphatic heterocycles. The second-order valence-corrected chi connectivity index (χ2v) is 4.32. The number of aliphatic carboxylic acids is 3. The van der Waals surface area contributed by atoms with Crippen LogP contribution in [-0.2, 0) is 19.2 Å². The normalized spacial score (nSPS) is 14.0. The quantitative estimate of drug-likeness (QED) is 0.109. The molecule has 0 saturated carbocycles. The molecule has 0 bridgehead atoms. The first kappa shape index (κ1) is 19.3. The molecule has 0 aromatic heterocycles. The van der Waals surface area contributed by atoms with Gasteiger partial charge in [0.05, 0.1) is 0 Å². The summed E-state index contributed by atoms with van der Waals surface area (Å²) in [6.45, 7) is 0.0963. The van der Waals surface area contributed by atoms with Crippen molar-refractivity contribution in [3.05, 3.63) is 0 Å². The highest BCUT2D eigenvalue weighted by molar-refractivity contribution is 6.33.